The Morgan fingerprint density at radius 2 is 2.00 bits per heavy atom. The molecule has 28 heavy (non-hydrogen) atoms. The van der Waals surface area contributed by atoms with Crippen LogP contribution in [0.2, 0.25) is 5.15 Å². The first kappa shape index (κ1) is 19.7. The number of aromatic hydroxyl groups is 1. The molecule has 2 aromatic carbocycles. The lowest BCUT2D eigenvalue weighted by molar-refractivity contribution is 0.111. The van der Waals surface area contributed by atoms with Gasteiger partial charge < -0.3 is 9.67 Å². The largest absolute Gasteiger partial charge is 0.508 e. The Balaban J connectivity index is 1.91. The number of unbranched alkanes of at least 4 members (excludes halogenated alkanes) is 1. The van der Waals surface area contributed by atoms with Gasteiger partial charge in [-0.05, 0) is 35.7 Å². The van der Waals surface area contributed by atoms with Gasteiger partial charge in [-0.2, -0.15) is 5.26 Å². The number of carbonyl (C=O) groups is 1. The first-order chi connectivity index (χ1) is 13.6. The van der Waals surface area contributed by atoms with Crippen LogP contribution in [0.3, 0.4) is 0 Å². The third-order valence-corrected chi connectivity index (χ3v) is 4.91. The van der Waals surface area contributed by atoms with Crippen LogP contribution in [-0.4, -0.2) is 20.9 Å². The summed E-state index contributed by atoms with van der Waals surface area (Å²) in [5, 5.41) is 19.3. The van der Waals surface area contributed by atoms with Gasteiger partial charge in [0.15, 0.2) is 11.4 Å². The van der Waals surface area contributed by atoms with Crippen molar-refractivity contribution >= 4 is 17.9 Å². The van der Waals surface area contributed by atoms with Crippen molar-refractivity contribution in [3.63, 3.8) is 0 Å². The Kier molecular flexibility index (Phi) is 6.13. The fraction of sp³-hybridized carbons (Fsp3) is 0.227. The second-order valence-electron chi connectivity index (χ2n) is 6.55. The predicted molar refractivity (Wildman–Crippen MR) is 109 cm³/mol. The number of aldehydes is 1. The summed E-state index contributed by atoms with van der Waals surface area (Å²) in [5.74, 6) is 0.917. The Morgan fingerprint density at radius 3 is 2.64 bits per heavy atom. The quantitative estimate of drug-likeness (QED) is 0.574. The molecule has 3 rings (SSSR count). The van der Waals surface area contributed by atoms with Crippen molar-refractivity contribution < 1.29 is 9.90 Å². The number of benzene rings is 2. The zero-order valence-electron chi connectivity index (χ0n) is 15.5. The summed E-state index contributed by atoms with van der Waals surface area (Å²) in [6.07, 6.45) is 3.50. The van der Waals surface area contributed by atoms with Gasteiger partial charge in [0.2, 0.25) is 0 Å². The van der Waals surface area contributed by atoms with Crippen molar-refractivity contribution in [2.24, 2.45) is 0 Å². The molecular weight excluding hydrogens is 374 g/mol. The van der Waals surface area contributed by atoms with E-state index < -0.39 is 0 Å². The van der Waals surface area contributed by atoms with Gasteiger partial charge in [-0.25, -0.2) is 4.98 Å². The highest BCUT2D eigenvalue weighted by molar-refractivity contribution is 6.31. The molecule has 142 valence electrons. The Morgan fingerprint density at radius 1 is 1.25 bits per heavy atom. The summed E-state index contributed by atoms with van der Waals surface area (Å²) in [4.78, 5) is 15.8. The molecule has 6 heteroatoms. The minimum Gasteiger partial charge on any atom is -0.508 e. The average Bonchev–Trinajstić information content (AvgIpc) is 3.01. The topological polar surface area (TPSA) is 78.9 Å². The van der Waals surface area contributed by atoms with Crippen LogP contribution in [0.25, 0.3) is 11.1 Å². The summed E-state index contributed by atoms with van der Waals surface area (Å²) < 4.78 is 1.86. The lowest BCUT2D eigenvalue weighted by atomic mass is 9.99. The fourth-order valence-electron chi connectivity index (χ4n) is 3.14. The number of nitriles is 1. The summed E-state index contributed by atoms with van der Waals surface area (Å²) in [7, 11) is 0. The second kappa shape index (κ2) is 8.73. The second-order valence-corrected chi connectivity index (χ2v) is 6.91. The zero-order valence-corrected chi connectivity index (χ0v) is 16.3. The van der Waals surface area contributed by atoms with E-state index in [1.54, 1.807) is 12.1 Å². The number of hydrogen-bond donors (Lipinski definition) is 1. The monoisotopic (exact) mass is 393 g/mol. The van der Waals surface area contributed by atoms with Crippen LogP contribution in [0.5, 0.6) is 5.75 Å². The minimum atomic E-state index is 0.113. The molecule has 0 aliphatic rings. The number of phenolic OH excluding ortho intramolecular Hbond substituents is 1. The van der Waals surface area contributed by atoms with Crippen LogP contribution in [-0.2, 0) is 13.0 Å². The molecule has 0 saturated carbocycles. The molecule has 0 aliphatic carbocycles. The molecule has 1 N–H and O–H groups in total. The maximum absolute atomic E-state index is 11.5. The van der Waals surface area contributed by atoms with E-state index in [-0.39, 0.29) is 10.9 Å². The minimum absolute atomic E-state index is 0.113. The molecule has 1 aromatic heterocycles. The van der Waals surface area contributed by atoms with Crippen LogP contribution in [0.4, 0.5) is 0 Å². The molecular formula is C22H20ClN3O2. The van der Waals surface area contributed by atoms with Crippen molar-refractivity contribution in [2.45, 2.75) is 32.7 Å². The molecule has 0 amide bonds. The first-order valence-corrected chi connectivity index (χ1v) is 9.47. The predicted octanol–water partition coefficient (Wildman–Crippen LogP) is 4.98. The number of halogens is 1. The third kappa shape index (κ3) is 4.08. The molecule has 0 bridgehead atoms. The van der Waals surface area contributed by atoms with Gasteiger partial charge in [0.25, 0.3) is 0 Å². The molecule has 0 spiro atoms. The van der Waals surface area contributed by atoms with E-state index in [2.05, 4.69) is 18.0 Å². The molecule has 0 radical (unpaired) electrons. The molecule has 0 aliphatic heterocycles. The van der Waals surface area contributed by atoms with E-state index in [4.69, 9.17) is 11.6 Å². The van der Waals surface area contributed by atoms with Crippen molar-refractivity contribution in [3.8, 4) is 22.9 Å². The number of phenols is 1. The van der Waals surface area contributed by atoms with Gasteiger partial charge in [0.05, 0.1) is 11.6 Å². The van der Waals surface area contributed by atoms with Crippen molar-refractivity contribution in [1.29, 1.82) is 5.26 Å². The van der Waals surface area contributed by atoms with Crippen molar-refractivity contribution in [2.75, 3.05) is 0 Å². The van der Waals surface area contributed by atoms with Gasteiger partial charge in [-0.15, -0.1) is 0 Å². The lowest BCUT2D eigenvalue weighted by Gasteiger charge is -2.11. The summed E-state index contributed by atoms with van der Waals surface area (Å²) in [6.45, 7) is 2.59. The molecule has 0 saturated heterocycles. The maximum atomic E-state index is 11.5. The smallest absolute Gasteiger partial charge is 0.169 e. The van der Waals surface area contributed by atoms with E-state index in [1.807, 2.05) is 28.8 Å². The van der Waals surface area contributed by atoms with Gasteiger partial charge in [-0.3, -0.25) is 4.79 Å². The number of aryl methyl sites for hydroxylation is 1. The highest BCUT2D eigenvalue weighted by Crippen LogP contribution is 2.28. The Hall–Kier alpha value is -3.10. The standard InChI is InChI=1S/C22H20ClN3O2/c1-2-3-4-21-25-22(23)20(14-27)26(21)13-15-5-7-16(8-6-15)19-11-18(28)10-9-17(19)12-24/h5-11,14,28H,2-4,13H2,1H3. The summed E-state index contributed by atoms with van der Waals surface area (Å²) >= 11 is 6.13. The van der Waals surface area contributed by atoms with Crippen LogP contribution in [0.1, 0.15) is 47.2 Å². The molecule has 0 fully saturated rings. The van der Waals surface area contributed by atoms with E-state index in [9.17, 15) is 15.2 Å². The zero-order chi connectivity index (χ0) is 20.1. The first-order valence-electron chi connectivity index (χ1n) is 9.09. The van der Waals surface area contributed by atoms with Gasteiger partial charge >= 0.3 is 0 Å². The molecule has 3 aromatic rings. The lowest BCUT2D eigenvalue weighted by Crippen LogP contribution is -2.08. The Bertz CT molecular complexity index is 1030. The van der Waals surface area contributed by atoms with Crippen LogP contribution < -0.4 is 0 Å². The number of rotatable bonds is 7. The van der Waals surface area contributed by atoms with E-state index in [0.717, 1.165) is 42.5 Å². The Labute approximate surface area is 168 Å². The number of imidazole rings is 1. The van der Waals surface area contributed by atoms with Crippen LogP contribution in [0, 0.1) is 11.3 Å². The SMILES string of the molecule is CCCCc1nc(Cl)c(C=O)n1Cc1ccc(-c2cc(O)ccc2C#N)cc1. The number of aromatic nitrogens is 2. The molecule has 5 nitrogen and oxygen atoms in total. The fourth-order valence-corrected chi connectivity index (χ4v) is 3.38. The highest BCUT2D eigenvalue weighted by atomic mass is 35.5. The molecule has 1 heterocycles. The van der Waals surface area contributed by atoms with Crippen molar-refractivity contribution in [3.05, 3.63) is 70.3 Å². The van der Waals surface area contributed by atoms with E-state index >= 15 is 0 Å². The molecule has 0 unspecified atom stereocenters. The van der Waals surface area contributed by atoms with E-state index in [0.29, 0.717) is 23.4 Å². The summed E-state index contributed by atoms with van der Waals surface area (Å²) in [6, 6.07) is 14.5. The highest BCUT2D eigenvalue weighted by Gasteiger charge is 2.15. The van der Waals surface area contributed by atoms with Gasteiger partial charge in [-0.1, -0.05) is 49.2 Å². The van der Waals surface area contributed by atoms with Crippen LogP contribution >= 0.6 is 11.6 Å². The van der Waals surface area contributed by atoms with Gasteiger partial charge in [0, 0.05) is 18.5 Å². The van der Waals surface area contributed by atoms with E-state index in [1.165, 1.54) is 6.07 Å². The number of nitrogens with zero attached hydrogens (tertiary/aromatic N) is 3. The van der Waals surface area contributed by atoms with Crippen molar-refractivity contribution in [1.82, 2.24) is 9.55 Å². The van der Waals surface area contributed by atoms with Crippen LogP contribution in [0.15, 0.2) is 42.5 Å². The maximum Gasteiger partial charge on any atom is 0.169 e. The normalized spacial score (nSPS) is 10.6. The third-order valence-electron chi connectivity index (χ3n) is 4.64. The number of hydrogen-bond acceptors (Lipinski definition) is 4. The van der Waals surface area contributed by atoms with Gasteiger partial charge in [0.1, 0.15) is 17.3 Å². The summed E-state index contributed by atoms with van der Waals surface area (Å²) in [5.41, 5.74) is 3.38. The average molecular weight is 394 g/mol. The number of carbonyl (C=O) groups excluding carboxylic acids is 1. The molecule has 0 atom stereocenters.